The normalized spacial score (nSPS) is 22.2. The van der Waals surface area contributed by atoms with E-state index in [0.29, 0.717) is 46.8 Å². The Hall–Kier alpha value is -11.1. The number of carbonyl (C=O) groups is 11. The maximum atomic E-state index is 15.0. The van der Waals surface area contributed by atoms with E-state index in [1.54, 1.807) is 0 Å². The number of amides is 10. The monoisotopic (exact) mass is 1330 g/mol. The molecule has 10 amide bonds. The fraction of sp³-hybridized carbons (Fsp3) is 0.397. The number of aryl methyl sites for hydroxylation is 1. The second kappa shape index (κ2) is 32.1. The number of aromatic hydroxyl groups is 1. The molecule has 6 heterocycles. The number of hydrogen-bond acceptors (Lipinski definition) is 16. The van der Waals surface area contributed by atoms with Crippen molar-refractivity contribution < 1.29 is 71.7 Å². The van der Waals surface area contributed by atoms with Gasteiger partial charge in [0.25, 0.3) is 0 Å². The fourth-order valence-electron chi connectivity index (χ4n) is 11.6. The van der Waals surface area contributed by atoms with Gasteiger partial charge in [0, 0.05) is 98.2 Å². The number of aromatic nitrogens is 7. The summed E-state index contributed by atoms with van der Waals surface area (Å²) >= 11 is 0. The highest BCUT2D eigenvalue weighted by Crippen LogP contribution is 2.25. The topological polar surface area (TPSA) is 471 Å². The van der Waals surface area contributed by atoms with Crippen LogP contribution in [-0.4, -0.2) is 183 Å². The van der Waals surface area contributed by atoms with Gasteiger partial charge in [-0.2, -0.15) is 0 Å². The van der Waals surface area contributed by atoms with Crippen molar-refractivity contribution in [3.05, 3.63) is 131 Å². The molecule has 2 aliphatic heterocycles. The van der Waals surface area contributed by atoms with Gasteiger partial charge in [-0.1, -0.05) is 17.3 Å². The summed E-state index contributed by atoms with van der Waals surface area (Å²) in [7, 11) is 0. The largest absolute Gasteiger partial charge is 0.508 e. The predicted molar refractivity (Wildman–Crippen MR) is 337 cm³/mol. The van der Waals surface area contributed by atoms with E-state index in [1.165, 1.54) is 95.3 Å². The van der Waals surface area contributed by atoms with E-state index in [1.807, 2.05) is 0 Å². The highest BCUT2D eigenvalue weighted by atomic mass is 19.1. The van der Waals surface area contributed by atoms with E-state index in [-0.39, 0.29) is 92.7 Å². The smallest absolute Gasteiger partial charge is 0.305 e. The predicted octanol–water partition coefficient (Wildman–Crippen LogP) is -1.16. The number of phenolic OH excluding ortho intramolecular Hbond substituents is 1. The number of unbranched alkanes of at least 4 members (excludes halogenated alkanes) is 1. The Bertz CT molecular complexity index is 3990. The second-order valence-electron chi connectivity index (χ2n) is 23.6. The summed E-state index contributed by atoms with van der Waals surface area (Å²) in [6, 6.07) is 0.743. The highest BCUT2D eigenvalue weighted by molar-refractivity contribution is 6.00. The Kier molecular flexibility index (Phi) is 23.2. The minimum Gasteiger partial charge on any atom is -0.508 e. The van der Waals surface area contributed by atoms with Gasteiger partial charge in [0.15, 0.2) is 0 Å². The van der Waals surface area contributed by atoms with Gasteiger partial charge in [0.1, 0.15) is 65.7 Å². The number of carbonyl (C=O) groups excluding carboxylic acids is 10. The van der Waals surface area contributed by atoms with Gasteiger partial charge in [-0.25, -0.2) is 13.8 Å². The Morgan fingerprint density at radius 1 is 0.635 bits per heavy atom. The van der Waals surface area contributed by atoms with Crippen molar-refractivity contribution in [2.45, 2.75) is 138 Å². The number of aromatic amines is 3. The average Bonchev–Trinajstić information content (AvgIpc) is 1.60. The van der Waals surface area contributed by atoms with Gasteiger partial charge in [-0.3, -0.25) is 57.4 Å². The van der Waals surface area contributed by atoms with Crippen LogP contribution in [-0.2, 0) is 91.4 Å². The molecule has 0 saturated carbocycles. The molecule has 31 nitrogen and oxygen atoms in total. The van der Waals surface area contributed by atoms with Gasteiger partial charge in [-0.15, -0.1) is 5.10 Å². The van der Waals surface area contributed by atoms with Crippen LogP contribution in [0.5, 0.6) is 5.75 Å². The number of H-pyrrole nitrogens is 3. The SMILES string of the molecule is NCCCC[C@@H]1NC(=O)CCCn2cc(nn2)C[C@@H](C(N)=O)NC(=O)[C@@H]2CCCN2C(=O)[C@H](Cc2ccc(O)cc2)NC(=O)[C@H](Cc2c[nH]cn2)NC(=O)[C@H](CC(=O)O)NC(=O)[C@H](Cc2c[nH]c3ccc(F)cc23)NC(=O)[C@H](Cc2c[nH]c3ccc(F)cc23)NC(=O)CNC1=O. The number of imidazole rings is 1. The van der Waals surface area contributed by atoms with Crippen LogP contribution >= 0.6 is 0 Å². The molecule has 3 aromatic carbocycles. The lowest BCUT2D eigenvalue weighted by Crippen LogP contribution is -2.61. The van der Waals surface area contributed by atoms with E-state index in [2.05, 4.69) is 72.8 Å². The molecule has 0 radical (unpaired) electrons. The Balaban J connectivity index is 1.07. The minimum atomic E-state index is -2.05. The molecular formula is C63H74F2N18O13. The lowest BCUT2D eigenvalue weighted by molar-refractivity contribution is -0.143. The molecule has 7 aromatic rings. The first-order valence-electron chi connectivity index (χ1n) is 31.1. The zero-order chi connectivity index (χ0) is 68.6. The van der Waals surface area contributed by atoms with Crippen molar-refractivity contribution in [3.8, 4) is 5.75 Å². The molecule has 508 valence electrons. The van der Waals surface area contributed by atoms with Crippen molar-refractivity contribution in [2.24, 2.45) is 11.5 Å². The van der Waals surface area contributed by atoms with Crippen LogP contribution in [0, 0.1) is 11.6 Å². The third-order valence-electron chi connectivity index (χ3n) is 16.5. The van der Waals surface area contributed by atoms with Gasteiger partial charge >= 0.3 is 5.97 Å². The number of fused-ring (bicyclic) bond motifs is 5. The summed E-state index contributed by atoms with van der Waals surface area (Å²) in [5, 5.41) is 49.8. The molecule has 4 aromatic heterocycles. The maximum absolute atomic E-state index is 15.0. The summed E-state index contributed by atoms with van der Waals surface area (Å²) in [5.41, 5.74) is 13.8. The highest BCUT2D eigenvalue weighted by Gasteiger charge is 2.41. The third-order valence-corrected chi connectivity index (χ3v) is 16.5. The summed E-state index contributed by atoms with van der Waals surface area (Å²) in [5.74, 6) is -12.4. The Morgan fingerprint density at radius 2 is 1.24 bits per heavy atom. The molecule has 9 rings (SSSR count). The van der Waals surface area contributed by atoms with Crippen molar-refractivity contribution in [1.29, 1.82) is 0 Å². The van der Waals surface area contributed by atoms with E-state index < -0.39 is 151 Å². The lowest BCUT2D eigenvalue weighted by atomic mass is 10.0. The van der Waals surface area contributed by atoms with Crippen LogP contribution in [0.15, 0.2) is 91.8 Å². The molecule has 0 spiro atoms. The van der Waals surface area contributed by atoms with Crippen LogP contribution in [0.2, 0.25) is 0 Å². The number of carboxylic acid groups (broad SMARTS) is 1. The summed E-state index contributed by atoms with van der Waals surface area (Å²) < 4.78 is 31.1. The first kappa shape index (κ1) is 69.2. The van der Waals surface area contributed by atoms with Crippen molar-refractivity contribution in [1.82, 2.24) is 82.4 Å². The summed E-state index contributed by atoms with van der Waals surface area (Å²) in [6.45, 7) is -0.383. The van der Waals surface area contributed by atoms with E-state index in [9.17, 15) is 71.7 Å². The molecule has 1 saturated heterocycles. The number of primary amides is 1. The van der Waals surface area contributed by atoms with Crippen molar-refractivity contribution in [3.63, 3.8) is 0 Å². The first-order chi connectivity index (χ1) is 46.1. The Labute approximate surface area is 545 Å². The molecule has 17 N–H and O–H groups in total. The molecular weight excluding hydrogens is 1250 g/mol. The second-order valence-corrected chi connectivity index (χ2v) is 23.6. The molecule has 0 aliphatic carbocycles. The zero-order valence-electron chi connectivity index (χ0n) is 51.8. The van der Waals surface area contributed by atoms with Gasteiger partial charge in [0.2, 0.25) is 59.1 Å². The summed E-state index contributed by atoms with van der Waals surface area (Å²) in [6.07, 6.45) is 5.52. The number of halogens is 2. The number of nitrogens with one attached hydrogen (secondary N) is 11. The summed E-state index contributed by atoms with van der Waals surface area (Å²) in [4.78, 5) is 170. The van der Waals surface area contributed by atoms with E-state index in [0.717, 1.165) is 6.07 Å². The number of benzene rings is 3. The van der Waals surface area contributed by atoms with Crippen LogP contribution in [0.25, 0.3) is 21.8 Å². The van der Waals surface area contributed by atoms with Crippen molar-refractivity contribution in [2.75, 3.05) is 19.6 Å². The molecule has 8 atom stereocenters. The number of hydrogen-bond donors (Lipinski definition) is 15. The van der Waals surface area contributed by atoms with E-state index >= 15 is 0 Å². The molecule has 2 aliphatic rings. The standard InChI is InChI=1S/C63H74F2N18O13/c64-36-10-14-43-41(22-36)34(27-69-43)20-47-58(91)76-48(21-35-28-70-44-15-11-37(65)23-42(35)44)59(92)78-50(26-55(87)88)61(94)77-49(24-38-29-68-32-72-38)60(93)79-51(19-33-8-12-40(84)13-9-33)63(96)83-18-3-6-52(83)62(95)75-46(56(67)89)25-39-31-82(81-80-39)17-4-7-53(85)73-45(5-1-2-16-66)57(90)71-30-54(86)74-47/h8-15,22-23,27-29,31-32,45-52,69-70,84H,1-7,16-21,24-26,30,66H2,(H2,67,89)(H,68,72)(H,71,90)(H,73,85)(H,74,86)(H,75,95)(H,76,91)(H,77,94)(H,78,92)(H,79,93)(H,87,88)/t45-,46-,47-,48-,49-,50-,51-,52-/m0/s1. The van der Waals surface area contributed by atoms with Crippen molar-refractivity contribution >= 4 is 86.8 Å². The number of aliphatic carboxylic acids is 1. The van der Waals surface area contributed by atoms with Crippen LogP contribution in [0.4, 0.5) is 8.78 Å². The number of carboxylic acids is 1. The van der Waals surface area contributed by atoms with Gasteiger partial charge < -0.3 is 84.1 Å². The first-order valence-corrected chi connectivity index (χ1v) is 31.1. The van der Waals surface area contributed by atoms with Crippen LogP contribution in [0.3, 0.4) is 0 Å². The molecule has 0 unspecified atom stereocenters. The number of nitrogens with zero attached hydrogens (tertiary/aromatic N) is 5. The fourth-order valence-corrected chi connectivity index (χ4v) is 11.6. The van der Waals surface area contributed by atoms with Crippen LogP contribution in [0.1, 0.15) is 79.4 Å². The lowest BCUT2D eigenvalue weighted by Gasteiger charge is -2.31. The molecule has 33 heteroatoms. The Morgan fingerprint density at radius 3 is 1.85 bits per heavy atom. The zero-order valence-corrected chi connectivity index (χ0v) is 51.8. The third kappa shape index (κ3) is 18.6. The number of nitrogens with two attached hydrogens (primary N) is 2. The number of rotatable bonds is 15. The maximum Gasteiger partial charge on any atom is 0.305 e. The quantitative estimate of drug-likeness (QED) is 0.0539. The molecule has 2 bridgehead atoms. The van der Waals surface area contributed by atoms with Gasteiger partial charge in [0.05, 0.1) is 30.7 Å². The minimum absolute atomic E-state index is 0.00213. The average molecular weight is 1330 g/mol. The molecule has 96 heavy (non-hydrogen) atoms. The van der Waals surface area contributed by atoms with Crippen LogP contribution < -0.4 is 54.0 Å². The van der Waals surface area contributed by atoms with Gasteiger partial charge in [-0.05, 0) is 110 Å². The van der Waals surface area contributed by atoms with E-state index in [4.69, 9.17) is 11.5 Å². The molecule has 1 fully saturated rings. The number of phenols is 1.